The maximum absolute atomic E-state index is 10.1. The van der Waals surface area contributed by atoms with Gasteiger partial charge in [-0.2, -0.15) is 0 Å². The van der Waals surface area contributed by atoms with E-state index in [1.807, 2.05) is 12.1 Å². The van der Waals surface area contributed by atoms with Crippen LogP contribution in [-0.2, 0) is 11.5 Å². The minimum Gasteiger partial charge on any atom is -0.236 e. The predicted octanol–water partition coefficient (Wildman–Crippen LogP) is 3.00. The summed E-state index contributed by atoms with van der Waals surface area (Å²) in [6.45, 7) is 0.00182. The summed E-state index contributed by atoms with van der Waals surface area (Å²) < 4.78 is 0. The van der Waals surface area contributed by atoms with Gasteiger partial charge in [0.1, 0.15) is 0 Å². The molecule has 1 rings (SSSR count). The van der Waals surface area contributed by atoms with Gasteiger partial charge >= 0.3 is 0 Å². The van der Waals surface area contributed by atoms with E-state index in [0.29, 0.717) is 6.42 Å². The van der Waals surface area contributed by atoms with Crippen molar-refractivity contribution in [1.29, 1.82) is 0 Å². The van der Waals surface area contributed by atoms with Crippen LogP contribution in [0.3, 0.4) is 0 Å². The van der Waals surface area contributed by atoms with Gasteiger partial charge in [-0.05, 0) is 24.8 Å². The van der Waals surface area contributed by atoms with E-state index in [9.17, 15) is 5.11 Å². The van der Waals surface area contributed by atoms with Crippen LogP contribution >= 0.6 is 0 Å². The molecule has 0 fully saturated rings. The molecule has 0 atom stereocenters. The summed E-state index contributed by atoms with van der Waals surface area (Å²) in [6.07, 6.45) is 6.82. The Morgan fingerprint density at radius 3 is 2.38 bits per heavy atom. The van der Waals surface area contributed by atoms with E-state index in [4.69, 9.17) is 0 Å². The van der Waals surface area contributed by atoms with Crippen LogP contribution in [0, 0.1) is 0 Å². The fraction of sp³-hybridized carbons (Fsp3) is 0.333. The molecule has 0 aliphatic carbocycles. The summed E-state index contributed by atoms with van der Waals surface area (Å²) in [5.41, 5.74) is 1.36. The Balaban J connectivity index is 2.20. The lowest BCUT2D eigenvalue weighted by Crippen LogP contribution is -1.81. The van der Waals surface area contributed by atoms with Crippen molar-refractivity contribution in [1.82, 2.24) is 0 Å². The van der Waals surface area contributed by atoms with Gasteiger partial charge in [0.2, 0.25) is 0 Å². The SMILES string of the molecule is [O]CC/C=C/CCc1ccccc1. The van der Waals surface area contributed by atoms with Gasteiger partial charge in [0.25, 0.3) is 0 Å². The lowest BCUT2D eigenvalue weighted by molar-refractivity contribution is 0.199. The zero-order valence-corrected chi connectivity index (χ0v) is 7.78. The second kappa shape index (κ2) is 6.44. The first-order valence-corrected chi connectivity index (χ1v) is 4.70. The van der Waals surface area contributed by atoms with Gasteiger partial charge in [-0.3, -0.25) is 0 Å². The number of allylic oxidation sites excluding steroid dienone is 1. The third-order valence-corrected chi connectivity index (χ3v) is 1.89. The minimum absolute atomic E-state index is 0.00182. The van der Waals surface area contributed by atoms with Gasteiger partial charge in [0.15, 0.2) is 0 Å². The average Bonchev–Trinajstić information content (AvgIpc) is 2.19. The standard InChI is InChI=1S/C12H15O/c13-11-7-2-1-4-8-12-9-5-3-6-10-12/h1-3,5-6,9-10H,4,7-8,11H2/b2-1+. The summed E-state index contributed by atoms with van der Waals surface area (Å²) in [5, 5.41) is 10.1. The molecule has 1 nitrogen and oxygen atoms in total. The fourth-order valence-electron chi connectivity index (χ4n) is 1.20. The van der Waals surface area contributed by atoms with Gasteiger partial charge in [-0.1, -0.05) is 42.5 Å². The van der Waals surface area contributed by atoms with Crippen molar-refractivity contribution in [2.24, 2.45) is 0 Å². The number of rotatable bonds is 5. The van der Waals surface area contributed by atoms with Crippen molar-refractivity contribution in [2.45, 2.75) is 19.3 Å². The molecule has 69 valence electrons. The molecule has 1 aromatic rings. The molecule has 0 spiro atoms. The van der Waals surface area contributed by atoms with E-state index in [1.54, 1.807) is 0 Å². The molecule has 1 radical (unpaired) electrons. The summed E-state index contributed by atoms with van der Waals surface area (Å²) in [7, 11) is 0. The topological polar surface area (TPSA) is 19.9 Å². The van der Waals surface area contributed by atoms with Crippen molar-refractivity contribution in [3.05, 3.63) is 48.0 Å². The van der Waals surface area contributed by atoms with Crippen LogP contribution in [0.15, 0.2) is 42.5 Å². The highest BCUT2D eigenvalue weighted by Crippen LogP contribution is 2.02. The van der Waals surface area contributed by atoms with Crippen molar-refractivity contribution in [2.75, 3.05) is 6.61 Å². The summed E-state index contributed by atoms with van der Waals surface area (Å²) in [5.74, 6) is 0. The minimum atomic E-state index is 0.00182. The molecule has 0 N–H and O–H groups in total. The number of hydrogen-bond donors (Lipinski definition) is 0. The van der Waals surface area contributed by atoms with E-state index in [1.165, 1.54) is 5.56 Å². The molecule has 0 bridgehead atoms. The molecule has 0 aromatic heterocycles. The van der Waals surface area contributed by atoms with Crippen LogP contribution in [0.25, 0.3) is 0 Å². The first-order chi connectivity index (χ1) is 6.43. The van der Waals surface area contributed by atoms with E-state index in [0.717, 1.165) is 12.8 Å². The Labute approximate surface area is 79.7 Å². The maximum Gasteiger partial charge on any atom is 0.0856 e. The zero-order chi connectivity index (χ0) is 9.36. The van der Waals surface area contributed by atoms with Crippen LogP contribution in [0.4, 0.5) is 0 Å². The van der Waals surface area contributed by atoms with Gasteiger partial charge in [0, 0.05) is 0 Å². The largest absolute Gasteiger partial charge is 0.236 e. The van der Waals surface area contributed by atoms with Crippen LogP contribution in [0.2, 0.25) is 0 Å². The molecule has 0 saturated carbocycles. The first-order valence-electron chi connectivity index (χ1n) is 4.70. The van der Waals surface area contributed by atoms with E-state index in [2.05, 4.69) is 30.3 Å². The lowest BCUT2D eigenvalue weighted by atomic mass is 10.1. The van der Waals surface area contributed by atoms with Crippen LogP contribution in [-0.4, -0.2) is 6.61 Å². The van der Waals surface area contributed by atoms with Gasteiger partial charge in [-0.25, -0.2) is 5.11 Å². The molecule has 0 aliphatic heterocycles. The number of hydrogen-bond acceptors (Lipinski definition) is 0. The Morgan fingerprint density at radius 2 is 1.69 bits per heavy atom. The third-order valence-electron chi connectivity index (χ3n) is 1.89. The van der Waals surface area contributed by atoms with Crippen LogP contribution < -0.4 is 0 Å². The molecule has 0 aliphatic rings. The van der Waals surface area contributed by atoms with Crippen molar-refractivity contribution in [3.63, 3.8) is 0 Å². The smallest absolute Gasteiger partial charge is 0.0856 e. The monoisotopic (exact) mass is 175 g/mol. The molecule has 0 saturated heterocycles. The highest BCUT2D eigenvalue weighted by molar-refractivity contribution is 5.15. The lowest BCUT2D eigenvalue weighted by Gasteiger charge is -1.95. The quantitative estimate of drug-likeness (QED) is 0.613. The molecule has 13 heavy (non-hydrogen) atoms. The van der Waals surface area contributed by atoms with Crippen molar-refractivity contribution >= 4 is 0 Å². The highest BCUT2D eigenvalue weighted by atomic mass is 16.2. The zero-order valence-electron chi connectivity index (χ0n) is 7.78. The maximum atomic E-state index is 10.1. The summed E-state index contributed by atoms with van der Waals surface area (Å²) in [4.78, 5) is 0. The van der Waals surface area contributed by atoms with E-state index < -0.39 is 0 Å². The average molecular weight is 175 g/mol. The molecule has 0 unspecified atom stereocenters. The van der Waals surface area contributed by atoms with Gasteiger partial charge < -0.3 is 0 Å². The Morgan fingerprint density at radius 1 is 1.00 bits per heavy atom. The fourth-order valence-corrected chi connectivity index (χ4v) is 1.20. The predicted molar refractivity (Wildman–Crippen MR) is 54.1 cm³/mol. The van der Waals surface area contributed by atoms with Gasteiger partial charge in [-0.15, -0.1) is 0 Å². The molecule has 1 heteroatoms. The first kappa shape index (κ1) is 10.0. The summed E-state index contributed by atoms with van der Waals surface area (Å²) >= 11 is 0. The normalized spacial score (nSPS) is 10.8. The molecule has 0 heterocycles. The summed E-state index contributed by atoms with van der Waals surface area (Å²) in [6, 6.07) is 10.4. The third kappa shape index (κ3) is 4.48. The van der Waals surface area contributed by atoms with Crippen molar-refractivity contribution < 1.29 is 5.11 Å². The second-order valence-corrected chi connectivity index (χ2v) is 2.99. The van der Waals surface area contributed by atoms with Crippen LogP contribution in [0.5, 0.6) is 0 Å². The highest BCUT2D eigenvalue weighted by Gasteiger charge is 1.87. The van der Waals surface area contributed by atoms with Crippen molar-refractivity contribution in [3.8, 4) is 0 Å². The van der Waals surface area contributed by atoms with E-state index in [-0.39, 0.29) is 6.61 Å². The molecule has 0 amide bonds. The van der Waals surface area contributed by atoms with Crippen LogP contribution in [0.1, 0.15) is 18.4 Å². The molecular formula is C12H15O. The van der Waals surface area contributed by atoms with E-state index >= 15 is 0 Å². The Hall–Kier alpha value is -1.08. The van der Waals surface area contributed by atoms with Gasteiger partial charge in [0.05, 0.1) is 6.61 Å². The molecule has 1 aromatic carbocycles. The number of benzene rings is 1. The Bertz CT molecular complexity index is 239. The second-order valence-electron chi connectivity index (χ2n) is 2.99. The Kier molecular flexibility index (Phi) is 4.95. The molecular weight excluding hydrogens is 160 g/mol. The number of aryl methyl sites for hydroxylation is 1.